The minimum absolute atomic E-state index is 0.0954. The van der Waals surface area contributed by atoms with Gasteiger partial charge >= 0.3 is 5.69 Å². The van der Waals surface area contributed by atoms with Crippen LogP contribution in [0.2, 0.25) is 0 Å². The normalized spacial score (nSPS) is 24.9. The van der Waals surface area contributed by atoms with Crippen LogP contribution in [0.15, 0.2) is 29.2 Å². The molecule has 0 radical (unpaired) electrons. The molecule has 19 heavy (non-hydrogen) atoms. The van der Waals surface area contributed by atoms with Gasteiger partial charge < -0.3 is 4.74 Å². The monoisotopic (exact) mass is 262 g/mol. The molecular weight excluding hydrogens is 244 g/mol. The maximum absolute atomic E-state index is 12.2. The molecule has 0 N–H and O–H groups in total. The number of pyridine rings is 1. The van der Waals surface area contributed by atoms with E-state index >= 15 is 0 Å². The predicted octanol–water partition coefficient (Wildman–Crippen LogP) is 0.563. The number of rotatable bonds is 2. The third kappa shape index (κ3) is 2.29. The first-order chi connectivity index (χ1) is 9.15. The van der Waals surface area contributed by atoms with Crippen LogP contribution in [0, 0.1) is 0 Å². The Morgan fingerprint density at radius 2 is 2.26 bits per heavy atom. The number of fused-ring (bicyclic) bond motifs is 1. The van der Waals surface area contributed by atoms with Gasteiger partial charge in [-0.3, -0.25) is 9.30 Å². The van der Waals surface area contributed by atoms with E-state index in [2.05, 4.69) is 16.9 Å². The molecule has 1 aliphatic heterocycles. The highest BCUT2D eigenvalue weighted by atomic mass is 16.5. The number of morpholine rings is 1. The van der Waals surface area contributed by atoms with Crippen LogP contribution < -0.4 is 5.69 Å². The van der Waals surface area contributed by atoms with Gasteiger partial charge in [0.2, 0.25) is 0 Å². The van der Waals surface area contributed by atoms with Gasteiger partial charge in [-0.25, -0.2) is 4.79 Å². The van der Waals surface area contributed by atoms with Crippen molar-refractivity contribution >= 4 is 5.65 Å². The van der Waals surface area contributed by atoms with Crippen molar-refractivity contribution in [1.29, 1.82) is 0 Å². The SMILES string of the molecule is C[C@@H]1CO[C@@H](C)CN1Cn1nc2ccccn2c1=O. The Morgan fingerprint density at radius 3 is 3.05 bits per heavy atom. The van der Waals surface area contributed by atoms with Crippen LogP contribution in [0.3, 0.4) is 0 Å². The Hall–Kier alpha value is -1.66. The molecular formula is C13H18N4O2. The van der Waals surface area contributed by atoms with E-state index in [0.29, 0.717) is 25.0 Å². The summed E-state index contributed by atoms with van der Waals surface area (Å²) in [7, 11) is 0. The second kappa shape index (κ2) is 4.79. The highest BCUT2D eigenvalue weighted by Crippen LogP contribution is 2.11. The molecule has 1 saturated heterocycles. The number of aromatic nitrogens is 3. The summed E-state index contributed by atoms with van der Waals surface area (Å²) in [5.74, 6) is 0. The lowest BCUT2D eigenvalue weighted by atomic mass is 10.2. The zero-order valence-electron chi connectivity index (χ0n) is 11.2. The molecule has 6 heteroatoms. The molecule has 0 aromatic carbocycles. The molecule has 2 atom stereocenters. The van der Waals surface area contributed by atoms with E-state index in [1.807, 2.05) is 25.1 Å². The first kappa shape index (κ1) is 12.4. The molecule has 1 aliphatic rings. The van der Waals surface area contributed by atoms with Crippen LogP contribution in [0.5, 0.6) is 0 Å². The van der Waals surface area contributed by atoms with Gasteiger partial charge in [0.1, 0.15) is 0 Å². The molecule has 0 amide bonds. The van der Waals surface area contributed by atoms with Crippen molar-refractivity contribution in [2.75, 3.05) is 13.2 Å². The number of hydrogen-bond donors (Lipinski definition) is 0. The summed E-state index contributed by atoms with van der Waals surface area (Å²) >= 11 is 0. The number of nitrogens with zero attached hydrogens (tertiary/aromatic N) is 4. The van der Waals surface area contributed by atoms with E-state index in [4.69, 9.17) is 4.74 Å². The van der Waals surface area contributed by atoms with Gasteiger partial charge in [0.25, 0.3) is 0 Å². The first-order valence-electron chi connectivity index (χ1n) is 6.55. The summed E-state index contributed by atoms with van der Waals surface area (Å²) < 4.78 is 8.67. The van der Waals surface area contributed by atoms with Gasteiger partial charge in [0.15, 0.2) is 5.65 Å². The molecule has 0 bridgehead atoms. The molecule has 0 spiro atoms. The lowest BCUT2D eigenvalue weighted by molar-refractivity contribution is -0.0626. The van der Waals surface area contributed by atoms with Crippen molar-refractivity contribution in [2.24, 2.45) is 0 Å². The number of hydrogen-bond acceptors (Lipinski definition) is 4. The van der Waals surface area contributed by atoms with E-state index in [0.717, 1.165) is 6.54 Å². The second-order valence-electron chi connectivity index (χ2n) is 5.12. The van der Waals surface area contributed by atoms with Gasteiger partial charge in [-0.05, 0) is 26.0 Å². The fourth-order valence-electron chi connectivity index (χ4n) is 2.40. The highest BCUT2D eigenvalue weighted by molar-refractivity contribution is 5.35. The maximum atomic E-state index is 12.2. The lowest BCUT2D eigenvalue weighted by Crippen LogP contribution is -2.49. The van der Waals surface area contributed by atoms with Gasteiger partial charge in [-0.2, -0.15) is 4.68 Å². The maximum Gasteiger partial charge on any atom is 0.351 e. The fraction of sp³-hybridized carbons (Fsp3) is 0.538. The minimum atomic E-state index is -0.0954. The summed E-state index contributed by atoms with van der Waals surface area (Å²) in [6.45, 7) is 6.18. The van der Waals surface area contributed by atoms with Crippen LogP contribution in [0.1, 0.15) is 13.8 Å². The molecule has 0 saturated carbocycles. The minimum Gasteiger partial charge on any atom is -0.376 e. The lowest BCUT2D eigenvalue weighted by Gasteiger charge is -2.36. The summed E-state index contributed by atoms with van der Waals surface area (Å²) in [6, 6.07) is 5.85. The molecule has 2 aromatic rings. The highest BCUT2D eigenvalue weighted by Gasteiger charge is 2.24. The number of ether oxygens (including phenoxy) is 1. The largest absolute Gasteiger partial charge is 0.376 e. The molecule has 1 fully saturated rings. The average Bonchev–Trinajstić information content (AvgIpc) is 2.72. The predicted molar refractivity (Wildman–Crippen MR) is 71.0 cm³/mol. The van der Waals surface area contributed by atoms with Crippen molar-refractivity contribution in [3.63, 3.8) is 0 Å². The summed E-state index contributed by atoms with van der Waals surface area (Å²) in [6.07, 6.45) is 1.94. The Balaban J connectivity index is 1.88. The zero-order chi connectivity index (χ0) is 13.4. The molecule has 102 valence electrons. The van der Waals surface area contributed by atoms with E-state index < -0.39 is 0 Å². The third-order valence-electron chi connectivity index (χ3n) is 3.54. The molecule has 0 aliphatic carbocycles. The van der Waals surface area contributed by atoms with Crippen molar-refractivity contribution in [3.8, 4) is 0 Å². The summed E-state index contributed by atoms with van der Waals surface area (Å²) in [5, 5.41) is 4.35. The van der Waals surface area contributed by atoms with Crippen molar-refractivity contribution < 1.29 is 4.74 Å². The smallest absolute Gasteiger partial charge is 0.351 e. The van der Waals surface area contributed by atoms with Crippen molar-refractivity contribution in [1.82, 2.24) is 19.1 Å². The van der Waals surface area contributed by atoms with Gasteiger partial charge in [0.05, 0.1) is 19.4 Å². The van der Waals surface area contributed by atoms with Crippen LogP contribution in [0.25, 0.3) is 5.65 Å². The first-order valence-corrected chi connectivity index (χ1v) is 6.55. The molecule has 3 heterocycles. The Labute approximate surface area is 111 Å². The summed E-state index contributed by atoms with van der Waals surface area (Å²) in [4.78, 5) is 14.4. The van der Waals surface area contributed by atoms with E-state index in [1.54, 1.807) is 10.6 Å². The molecule has 2 aromatic heterocycles. The topological polar surface area (TPSA) is 51.8 Å². The van der Waals surface area contributed by atoms with Crippen LogP contribution in [-0.4, -0.2) is 44.4 Å². The standard InChI is InChI=1S/C13H18N4O2/c1-10-8-19-11(2)7-15(10)9-17-13(18)16-6-4-3-5-12(16)14-17/h3-6,10-11H,7-9H2,1-2H3/t10-,11+/m1/s1. The molecule has 6 nitrogen and oxygen atoms in total. The van der Waals surface area contributed by atoms with Crippen molar-refractivity contribution in [2.45, 2.75) is 32.7 Å². The van der Waals surface area contributed by atoms with E-state index in [-0.39, 0.29) is 11.8 Å². The second-order valence-corrected chi connectivity index (χ2v) is 5.12. The zero-order valence-corrected chi connectivity index (χ0v) is 11.2. The quantitative estimate of drug-likeness (QED) is 0.793. The third-order valence-corrected chi connectivity index (χ3v) is 3.54. The van der Waals surface area contributed by atoms with Gasteiger partial charge in [0, 0.05) is 18.8 Å². The summed E-state index contributed by atoms with van der Waals surface area (Å²) in [5.41, 5.74) is 0.586. The Morgan fingerprint density at radius 1 is 1.42 bits per heavy atom. The molecule has 3 rings (SSSR count). The van der Waals surface area contributed by atoms with Crippen LogP contribution in [0.4, 0.5) is 0 Å². The van der Waals surface area contributed by atoms with E-state index in [1.165, 1.54) is 4.68 Å². The Kier molecular flexibility index (Phi) is 3.12. The van der Waals surface area contributed by atoms with Crippen molar-refractivity contribution in [3.05, 3.63) is 34.9 Å². The fourth-order valence-corrected chi connectivity index (χ4v) is 2.40. The van der Waals surface area contributed by atoms with Gasteiger partial charge in [-0.1, -0.05) is 6.07 Å². The Bertz CT molecular complexity index is 633. The average molecular weight is 262 g/mol. The van der Waals surface area contributed by atoms with Crippen LogP contribution >= 0.6 is 0 Å². The van der Waals surface area contributed by atoms with E-state index in [9.17, 15) is 4.79 Å². The van der Waals surface area contributed by atoms with Crippen LogP contribution in [-0.2, 0) is 11.4 Å². The molecule has 0 unspecified atom stereocenters. The van der Waals surface area contributed by atoms with Gasteiger partial charge in [-0.15, -0.1) is 5.10 Å².